The average molecular weight is 544 g/mol. The number of nitrogens with one attached hydrogen (secondary N) is 1. The summed E-state index contributed by atoms with van der Waals surface area (Å²) in [5, 5.41) is 3.33. The first-order valence-corrected chi connectivity index (χ1v) is 12.3. The first-order chi connectivity index (χ1) is 16.7. The van der Waals surface area contributed by atoms with E-state index >= 15 is 0 Å². The van der Waals surface area contributed by atoms with Crippen LogP contribution in [0, 0.1) is 5.82 Å². The fourth-order valence-electron chi connectivity index (χ4n) is 4.23. The van der Waals surface area contributed by atoms with Crippen molar-refractivity contribution in [3.8, 4) is 11.4 Å². The summed E-state index contributed by atoms with van der Waals surface area (Å²) < 4.78 is 23.4. The first kappa shape index (κ1) is 23.5. The van der Waals surface area contributed by atoms with Crippen LogP contribution in [-0.4, -0.2) is 63.9 Å². The minimum atomic E-state index is -0.530. The number of ether oxygens (including phenoxy) is 1. The van der Waals surface area contributed by atoms with Crippen molar-refractivity contribution in [3.05, 3.63) is 46.4 Å². The average Bonchev–Trinajstić information content (AvgIpc) is 3.31. The zero-order chi connectivity index (χ0) is 24.7. The van der Waals surface area contributed by atoms with E-state index in [1.54, 1.807) is 17.2 Å². The Morgan fingerprint density at radius 1 is 1.17 bits per heavy atom. The number of rotatable bonds is 2. The lowest BCUT2D eigenvalue weighted by Crippen LogP contribution is -2.50. The van der Waals surface area contributed by atoms with Gasteiger partial charge < -0.3 is 24.4 Å². The second kappa shape index (κ2) is 9.10. The van der Waals surface area contributed by atoms with Crippen molar-refractivity contribution in [1.29, 1.82) is 0 Å². The highest BCUT2D eigenvalue weighted by atomic mass is 79.9. The number of carbonyl (C=O) groups is 1. The van der Waals surface area contributed by atoms with Gasteiger partial charge in [-0.25, -0.2) is 19.2 Å². The summed E-state index contributed by atoms with van der Waals surface area (Å²) in [6, 6.07) is 6.90. The van der Waals surface area contributed by atoms with E-state index in [2.05, 4.69) is 40.8 Å². The second-order valence-corrected chi connectivity index (χ2v) is 10.4. The molecule has 1 aromatic rings. The van der Waals surface area contributed by atoms with Crippen LogP contribution in [-0.2, 0) is 11.3 Å². The van der Waals surface area contributed by atoms with Crippen LogP contribution in [0.25, 0.3) is 11.4 Å². The Morgan fingerprint density at radius 3 is 2.66 bits per heavy atom. The molecule has 1 saturated heterocycles. The molecule has 35 heavy (non-hydrogen) atoms. The van der Waals surface area contributed by atoms with Crippen molar-refractivity contribution in [2.45, 2.75) is 32.9 Å². The highest BCUT2D eigenvalue weighted by Gasteiger charge is 2.26. The number of anilines is 2. The molecule has 5 rings (SSSR count). The molecule has 0 saturated carbocycles. The molecule has 4 aliphatic rings. The topological polar surface area (TPSA) is 87.9 Å². The van der Waals surface area contributed by atoms with Crippen LogP contribution in [0.15, 0.2) is 39.9 Å². The Labute approximate surface area is 211 Å². The van der Waals surface area contributed by atoms with Gasteiger partial charge in [-0.05, 0) is 61.0 Å². The molecule has 184 valence electrons. The molecule has 0 unspecified atom stereocenters. The highest BCUT2D eigenvalue weighted by Crippen LogP contribution is 2.33. The minimum Gasteiger partial charge on any atom is -0.444 e. The van der Waals surface area contributed by atoms with Gasteiger partial charge in [-0.1, -0.05) is 0 Å². The van der Waals surface area contributed by atoms with E-state index in [9.17, 15) is 9.18 Å². The minimum absolute atomic E-state index is 0.178. The molecule has 0 atom stereocenters. The van der Waals surface area contributed by atoms with E-state index in [-0.39, 0.29) is 17.4 Å². The molecule has 1 amide bonds. The number of amides is 1. The van der Waals surface area contributed by atoms with Gasteiger partial charge in [0.1, 0.15) is 22.9 Å². The number of aromatic nitrogens is 3. The Bertz CT molecular complexity index is 1310. The van der Waals surface area contributed by atoms with Gasteiger partial charge in [-0.2, -0.15) is 4.98 Å². The molecule has 0 spiro atoms. The van der Waals surface area contributed by atoms with E-state index in [0.29, 0.717) is 26.2 Å². The summed E-state index contributed by atoms with van der Waals surface area (Å²) in [5.41, 5.74) is 1.48. The van der Waals surface area contributed by atoms with Crippen LogP contribution in [0.5, 0.6) is 0 Å². The number of halogens is 2. The first-order valence-electron chi connectivity index (χ1n) is 11.5. The van der Waals surface area contributed by atoms with E-state index in [4.69, 9.17) is 4.74 Å². The van der Waals surface area contributed by atoms with Crippen molar-refractivity contribution in [3.63, 3.8) is 0 Å². The van der Waals surface area contributed by atoms with Gasteiger partial charge in [-0.3, -0.25) is 0 Å². The third-order valence-electron chi connectivity index (χ3n) is 5.89. The van der Waals surface area contributed by atoms with Gasteiger partial charge in [0.05, 0.1) is 4.47 Å². The Hall–Kier alpha value is -3.21. The van der Waals surface area contributed by atoms with Gasteiger partial charge in [0.25, 0.3) is 5.62 Å². The predicted molar refractivity (Wildman–Crippen MR) is 134 cm³/mol. The van der Waals surface area contributed by atoms with E-state index in [1.165, 1.54) is 6.07 Å². The van der Waals surface area contributed by atoms with E-state index < -0.39 is 11.4 Å². The Morgan fingerprint density at radius 2 is 1.94 bits per heavy atom. The van der Waals surface area contributed by atoms with Crippen molar-refractivity contribution < 1.29 is 13.9 Å². The number of piperazine rings is 1. The number of hydrogen-bond donors (Lipinski definition) is 1. The molecule has 4 aliphatic heterocycles. The van der Waals surface area contributed by atoms with Crippen molar-refractivity contribution in [2.24, 2.45) is 4.99 Å². The smallest absolute Gasteiger partial charge is 0.410 e. The zero-order valence-corrected chi connectivity index (χ0v) is 21.5. The number of carbonyl (C=O) groups excluding carboxylic acids is 1. The molecule has 0 radical (unpaired) electrons. The molecule has 11 heteroatoms. The Balaban J connectivity index is 1.33. The maximum Gasteiger partial charge on any atom is 0.410 e. The molecule has 0 bridgehead atoms. The van der Waals surface area contributed by atoms with Gasteiger partial charge in [0.2, 0.25) is 0 Å². The Kier molecular flexibility index (Phi) is 6.12. The quantitative estimate of drug-likeness (QED) is 0.525. The molecule has 1 aromatic carbocycles. The molecule has 1 fully saturated rings. The number of pyridine rings is 1. The van der Waals surface area contributed by atoms with E-state index in [0.717, 1.165) is 40.5 Å². The number of hydrogen-bond acceptors (Lipinski definition) is 7. The van der Waals surface area contributed by atoms with Crippen LogP contribution < -0.4 is 15.8 Å². The fraction of sp³-hybridized carbons (Fsp3) is 0.417. The van der Waals surface area contributed by atoms with Crippen molar-refractivity contribution in [2.75, 3.05) is 42.9 Å². The summed E-state index contributed by atoms with van der Waals surface area (Å²) in [7, 11) is 0. The summed E-state index contributed by atoms with van der Waals surface area (Å²) in [5.74, 6) is 1.27. The third kappa shape index (κ3) is 4.95. The lowest BCUT2D eigenvalue weighted by atomic mass is 10.2. The van der Waals surface area contributed by atoms with Crippen LogP contribution in [0.4, 0.5) is 26.4 Å². The maximum atomic E-state index is 15.0. The number of fused-ring (bicyclic) bond motifs is 3. The predicted octanol–water partition coefficient (Wildman–Crippen LogP) is 4.00. The van der Waals surface area contributed by atoms with Crippen molar-refractivity contribution >= 4 is 39.2 Å². The maximum absolute atomic E-state index is 15.0. The third-order valence-corrected chi connectivity index (χ3v) is 6.50. The highest BCUT2D eigenvalue weighted by molar-refractivity contribution is 9.10. The summed E-state index contributed by atoms with van der Waals surface area (Å²) in [6.07, 6.45) is 1.38. The number of nitrogens with zero attached hydrogens (tertiary/aromatic N) is 6. The van der Waals surface area contributed by atoms with Crippen LogP contribution >= 0.6 is 15.9 Å². The monoisotopic (exact) mass is 543 g/mol. The van der Waals surface area contributed by atoms with Crippen LogP contribution in [0.3, 0.4) is 0 Å². The molecule has 0 aliphatic carbocycles. The lowest BCUT2D eigenvalue weighted by molar-refractivity contribution is 0.0240. The van der Waals surface area contributed by atoms with Crippen LogP contribution in [0.2, 0.25) is 0 Å². The second-order valence-electron chi connectivity index (χ2n) is 9.57. The largest absolute Gasteiger partial charge is 0.444 e. The summed E-state index contributed by atoms with van der Waals surface area (Å²) in [4.78, 5) is 29.3. The molecule has 4 heterocycles. The fourth-order valence-corrected chi connectivity index (χ4v) is 4.83. The van der Waals surface area contributed by atoms with E-state index in [1.807, 2.05) is 37.8 Å². The standard InChI is InChI=1S/C24H27BrFN7O2/c1-24(2,3)35-23(34)32-10-8-31(9-11-32)16-4-5-19(18(26)13-16)29-22-28-14-15-12-17(25)21-27-6-7-33(21)20(15)30-22/h4-5,12-14,27H,6-11H2,1-3H3. The van der Waals surface area contributed by atoms with Crippen molar-refractivity contribution in [1.82, 2.24) is 19.4 Å². The molecular weight excluding hydrogens is 517 g/mol. The lowest BCUT2D eigenvalue weighted by Gasteiger charge is -2.36. The molecule has 1 N–H and O–H groups in total. The normalized spacial score (nSPS) is 16.4. The van der Waals surface area contributed by atoms with Gasteiger partial charge in [0, 0.05) is 56.7 Å². The molecular formula is C24H27BrFN7O2. The molecule has 0 aromatic heterocycles. The van der Waals surface area contributed by atoms with Crippen LogP contribution in [0.1, 0.15) is 20.8 Å². The van der Waals surface area contributed by atoms with Gasteiger partial charge in [0.15, 0.2) is 5.82 Å². The summed E-state index contributed by atoms with van der Waals surface area (Å²) in [6.45, 7) is 9.36. The summed E-state index contributed by atoms with van der Waals surface area (Å²) >= 11 is 3.57. The molecule has 9 nitrogen and oxygen atoms in total. The van der Waals surface area contributed by atoms with Gasteiger partial charge >= 0.3 is 6.09 Å². The number of benzene rings is 1. The van der Waals surface area contributed by atoms with Gasteiger partial charge in [-0.15, -0.1) is 0 Å². The SMILES string of the molecule is CC(C)(C)OC(=O)N1CCN(c2ccc(N=c3ncc4cc(Br)c5n(c-4n3)CCN5)c(F)c2)CC1. The zero-order valence-electron chi connectivity index (χ0n) is 19.9.